The Morgan fingerprint density at radius 1 is 1.14 bits per heavy atom. The molecular formula is C21H21N7O. The number of hydrogen-bond donors (Lipinski definition) is 1. The van der Waals surface area contributed by atoms with Gasteiger partial charge in [0, 0.05) is 49.9 Å². The normalized spacial score (nSPS) is 15.1. The van der Waals surface area contributed by atoms with E-state index >= 15 is 0 Å². The monoisotopic (exact) mass is 387 g/mol. The Bertz CT molecular complexity index is 1180. The summed E-state index contributed by atoms with van der Waals surface area (Å²) in [5.74, 6) is 1.42. The summed E-state index contributed by atoms with van der Waals surface area (Å²) in [6.07, 6.45) is 10.6. The minimum absolute atomic E-state index is 0.0221. The van der Waals surface area contributed by atoms with Crippen molar-refractivity contribution in [3.63, 3.8) is 0 Å². The van der Waals surface area contributed by atoms with Crippen LogP contribution in [0.5, 0.6) is 0 Å². The molecule has 8 nitrogen and oxygen atoms in total. The summed E-state index contributed by atoms with van der Waals surface area (Å²) in [6.45, 7) is 2.52. The van der Waals surface area contributed by atoms with E-state index in [0.717, 1.165) is 48.3 Å². The third-order valence-electron chi connectivity index (χ3n) is 5.54. The summed E-state index contributed by atoms with van der Waals surface area (Å²) in [5.41, 5.74) is 2.36. The molecule has 0 atom stereocenters. The van der Waals surface area contributed by atoms with Crippen molar-refractivity contribution in [2.24, 2.45) is 5.92 Å². The molecule has 1 aliphatic heterocycles. The molecule has 146 valence electrons. The molecule has 1 fully saturated rings. The highest BCUT2D eigenvalue weighted by molar-refractivity contribution is 5.87. The Labute approximate surface area is 167 Å². The first-order valence-corrected chi connectivity index (χ1v) is 9.78. The van der Waals surface area contributed by atoms with E-state index in [4.69, 9.17) is 0 Å². The number of piperidine rings is 1. The van der Waals surface area contributed by atoms with Crippen molar-refractivity contribution in [3.8, 4) is 11.3 Å². The lowest BCUT2D eigenvalue weighted by Gasteiger charge is -2.33. The van der Waals surface area contributed by atoms with Gasteiger partial charge in [0.25, 0.3) is 5.56 Å². The van der Waals surface area contributed by atoms with Gasteiger partial charge in [-0.25, -0.2) is 15.0 Å². The third-order valence-corrected chi connectivity index (χ3v) is 5.54. The van der Waals surface area contributed by atoms with Crippen LogP contribution >= 0.6 is 0 Å². The van der Waals surface area contributed by atoms with Crippen LogP contribution in [0, 0.1) is 5.92 Å². The van der Waals surface area contributed by atoms with Gasteiger partial charge in [-0.2, -0.15) is 0 Å². The van der Waals surface area contributed by atoms with E-state index in [9.17, 15) is 4.79 Å². The van der Waals surface area contributed by atoms with Gasteiger partial charge in [0.05, 0.1) is 17.4 Å². The van der Waals surface area contributed by atoms with Gasteiger partial charge in [-0.1, -0.05) is 0 Å². The molecular weight excluding hydrogens is 366 g/mol. The molecule has 5 heterocycles. The Hall–Kier alpha value is -3.55. The Morgan fingerprint density at radius 2 is 2.03 bits per heavy atom. The number of hydrogen-bond acceptors (Lipinski definition) is 6. The van der Waals surface area contributed by atoms with Crippen LogP contribution in [-0.4, -0.2) is 42.6 Å². The van der Waals surface area contributed by atoms with E-state index in [-0.39, 0.29) is 5.56 Å². The van der Waals surface area contributed by atoms with Crippen LogP contribution in [0.15, 0.2) is 60.3 Å². The molecule has 1 N–H and O–H groups in total. The lowest BCUT2D eigenvalue weighted by atomic mass is 9.96. The molecule has 0 amide bonds. The SMILES string of the molecule is O=c1cc(-c2cccnc2)ncn1CC1CCN(c2ncnc3[nH]ccc23)CC1. The number of nitrogens with one attached hydrogen (secondary N) is 1. The van der Waals surface area contributed by atoms with Crippen molar-refractivity contribution in [1.82, 2.24) is 29.5 Å². The van der Waals surface area contributed by atoms with E-state index in [1.807, 2.05) is 24.4 Å². The van der Waals surface area contributed by atoms with Gasteiger partial charge in [-0.05, 0) is 37.0 Å². The zero-order valence-corrected chi connectivity index (χ0v) is 15.9. The van der Waals surface area contributed by atoms with Gasteiger partial charge in [0.15, 0.2) is 0 Å². The standard InChI is InChI=1S/C21H21N7O/c29-19-10-18(16-2-1-6-22-11-16)26-14-28(19)12-15-4-8-27(9-5-15)21-17-3-7-23-20(17)24-13-25-21/h1-3,6-7,10-11,13-15H,4-5,8-9,12H2,(H,23,24,25). The molecule has 8 heteroatoms. The second-order valence-corrected chi connectivity index (χ2v) is 7.37. The number of aromatic nitrogens is 6. The number of rotatable bonds is 4. The maximum absolute atomic E-state index is 12.6. The Kier molecular flexibility index (Phi) is 4.51. The van der Waals surface area contributed by atoms with Gasteiger partial charge in [-0.3, -0.25) is 14.3 Å². The molecule has 0 spiro atoms. The maximum atomic E-state index is 12.6. The molecule has 4 aromatic rings. The number of pyridine rings is 1. The molecule has 1 aliphatic rings. The number of fused-ring (bicyclic) bond motifs is 1. The number of aromatic amines is 1. The van der Waals surface area contributed by atoms with Crippen LogP contribution < -0.4 is 10.5 Å². The van der Waals surface area contributed by atoms with Gasteiger partial charge in [-0.15, -0.1) is 0 Å². The predicted octanol–water partition coefficient (Wildman–Crippen LogP) is 2.49. The van der Waals surface area contributed by atoms with E-state index in [2.05, 4.69) is 29.8 Å². The van der Waals surface area contributed by atoms with E-state index in [1.165, 1.54) is 0 Å². The summed E-state index contributed by atoms with van der Waals surface area (Å²) in [6, 6.07) is 7.36. The second-order valence-electron chi connectivity index (χ2n) is 7.37. The maximum Gasteiger partial charge on any atom is 0.253 e. The van der Waals surface area contributed by atoms with Gasteiger partial charge in [0.1, 0.15) is 17.8 Å². The average Bonchev–Trinajstić information content (AvgIpc) is 3.25. The third kappa shape index (κ3) is 3.49. The van der Waals surface area contributed by atoms with Crippen LogP contribution in [0.3, 0.4) is 0 Å². The average molecular weight is 387 g/mol. The highest BCUT2D eigenvalue weighted by Gasteiger charge is 2.22. The van der Waals surface area contributed by atoms with E-state index in [1.54, 1.807) is 35.7 Å². The van der Waals surface area contributed by atoms with Crippen LogP contribution in [0.4, 0.5) is 5.82 Å². The number of H-pyrrole nitrogens is 1. The fourth-order valence-corrected chi connectivity index (χ4v) is 3.95. The second kappa shape index (κ2) is 7.46. The van der Waals surface area contributed by atoms with E-state index < -0.39 is 0 Å². The van der Waals surface area contributed by atoms with Crippen LogP contribution in [0.1, 0.15) is 12.8 Å². The first-order chi connectivity index (χ1) is 14.3. The number of anilines is 1. The molecule has 29 heavy (non-hydrogen) atoms. The summed E-state index contributed by atoms with van der Waals surface area (Å²) in [4.78, 5) is 35.3. The first-order valence-electron chi connectivity index (χ1n) is 9.78. The van der Waals surface area contributed by atoms with Crippen molar-refractivity contribution >= 4 is 16.9 Å². The summed E-state index contributed by atoms with van der Waals surface area (Å²) < 4.78 is 1.72. The van der Waals surface area contributed by atoms with Gasteiger partial charge < -0.3 is 9.88 Å². The number of nitrogens with zero attached hydrogens (tertiary/aromatic N) is 6. The minimum atomic E-state index is -0.0221. The van der Waals surface area contributed by atoms with Crippen molar-refractivity contribution in [3.05, 3.63) is 65.9 Å². The molecule has 0 saturated carbocycles. The molecule has 0 radical (unpaired) electrons. The molecule has 0 aromatic carbocycles. The molecule has 4 aromatic heterocycles. The minimum Gasteiger partial charge on any atom is -0.356 e. The fraction of sp³-hybridized carbons (Fsp3) is 0.286. The topological polar surface area (TPSA) is 92.6 Å². The lowest BCUT2D eigenvalue weighted by Crippen LogP contribution is -2.36. The van der Waals surface area contributed by atoms with Crippen molar-refractivity contribution in [2.45, 2.75) is 19.4 Å². The fourth-order valence-electron chi connectivity index (χ4n) is 3.95. The highest BCUT2D eigenvalue weighted by Crippen LogP contribution is 2.27. The zero-order chi connectivity index (χ0) is 19.6. The summed E-state index contributed by atoms with van der Waals surface area (Å²) in [5, 5.41) is 1.05. The highest BCUT2D eigenvalue weighted by atomic mass is 16.1. The van der Waals surface area contributed by atoms with Crippen molar-refractivity contribution < 1.29 is 0 Å². The summed E-state index contributed by atoms with van der Waals surface area (Å²) in [7, 11) is 0. The summed E-state index contributed by atoms with van der Waals surface area (Å²) >= 11 is 0. The van der Waals surface area contributed by atoms with Crippen LogP contribution in [-0.2, 0) is 6.54 Å². The molecule has 0 unspecified atom stereocenters. The predicted molar refractivity (Wildman–Crippen MR) is 111 cm³/mol. The van der Waals surface area contributed by atoms with Gasteiger partial charge in [0.2, 0.25) is 0 Å². The van der Waals surface area contributed by atoms with Crippen LogP contribution in [0.2, 0.25) is 0 Å². The molecule has 0 bridgehead atoms. The first kappa shape index (κ1) is 17.5. The van der Waals surface area contributed by atoms with Crippen LogP contribution in [0.25, 0.3) is 22.3 Å². The Balaban J connectivity index is 1.26. The van der Waals surface area contributed by atoms with Crippen molar-refractivity contribution in [1.29, 1.82) is 0 Å². The van der Waals surface area contributed by atoms with Crippen molar-refractivity contribution in [2.75, 3.05) is 18.0 Å². The van der Waals surface area contributed by atoms with Gasteiger partial charge >= 0.3 is 0 Å². The quantitative estimate of drug-likeness (QED) is 0.578. The molecule has 0 aliphatic carbocycles. The molecule has 5 rings (SSSR count). The largest absolute Gasteiger partial charge is 0.356 e. The molecule has 1 saturated heterocycles. The lowest BCUT2D eigenvalue weighted by molar-refractivity contribution is 0.350. The Morgan fingerprint density at radius 3 is 2.83 bits per heavy atom. The van der Waals surface area contributed by atoms with E-state index in [0.29, 0.717) is 18.2 Å². The zero-order valence-electron chi connectivity index (χ0n) is 15.9. The smallest absolute Gasteiger partial charge is 0.253 e.